The minimum absolute atomic E-state index is 0. The van der Waals surface area contributed by atoms with Gasteiger partial charge in [-0.3, -0.25) is 44.9 Å². The number of ether oxygens (including phenoxy) is 2. The summed E-state index contributed by atoms with van der Waals surface area (Å²) in [5.41, 5.74) is 1.17. The molecule has 3 rings (SSSR count). The molecular formula is C62H99N5O10U. The third-order valence-electron chi connectivity index (χ3n) is 15.7. The Hall–Kier alpha value is -4.26. The molecule has 0 saturated heterocycles. The molecule has 12 atom stereocenters. The Kier molecular flexibility index (Phi) is 34.6. The van der Waals surface area contributed by atoms with Gasteiger partial charge in [0.05, 0.1) is 17.9 Å². The van der Waals surface area contributed by atoms with Crippen LogP contribution in [0.25, 0.3) is 0 Å². The summed E-state index contributed by atoms with van der Waals surface area (Å²) in [5, 5.41) is 8.75. The molecule has 3 N–H and O–H groups in total. The zero-order valence-corrected chi connectivity index (χ0v) is 54.1. The van der Waals surface area contributed by atoms with E-state index in [1.165, 1.54) is 17.7 Å². The van der Waals surface area contributed by atoms with Gasteiger partial charge in [-0.1, -0.05) is 151 Å². The van der Waals surface area contributed by atoms with Gasteiger partial charge in [0.1, 0.15) is 11.8 Å². The molecule has 6 amide bonds. The van der Waals surface area contributed by atoms with Gasteiger partial charge in [0, 0.05) is 82.6 Å². The smallest absolute Gasteiger partial charge is 0.491 e. The second kappa shape index (κ2) is 37.6. The maximum absolute atomic E-state index is 14.5. The Bertz CT molecular complexity index is 2060. The summed E-state index contributed by atoms with van der Waals surface area (Å²) >= 11 is 0. The maximum atomic E-state index is 14.5. The Labute approximate surface area is 493 Å². The van der Waals surface area contributed by atoms with E-state index in [0.717, 1.165) is 56.3 Å². The van der Waals surface area contributed by atoms with Crippen LogP contribution in [0, 0.1) is 91.8 Å². The van der Waals surface area contributed by atoms with Gasteiger partial charge in [-0.25, -0.2) is 0 Å². The summed E-state index contributed by atoms with van der Waals surface area (Å²) < 4.78 is 11.9. The van der Waals surface area contributed by atoms with Gasteiger partial charge in [-0.15, -0.1) is 0 Å². The molecule has 1 aromatic rings. The second-order valence-electron chi connectivity index (χ2n) is 22.6. The maximum Gasteiger partial charge on any atom is 2.00 e. The SMILES string of the molecule is CCCC[C@H](CCC(=O)C[C@@H](C)[C@H]([C@@H](C)CC)N(C)C(=O)[C@@H](NC(=O)[C@H](C(C)C)C(C)CC(=O)OC1C=CCCCC[CH-]1)C(C)C)[C@H](OC)[C@@H](C)C(=O)N[C@H](C)[C@@H](C)c1ccccc1.[CH2-]C(=O)NCCN1C(=O)C=CC1=O.[U+2]. The summed E-state index contributed by atoms with van der Waals surface area (Å²) in [4.78, 5) is 104. The summed E-state index contributed by atoms with van der Waals surface area (Å²) in [5.74, 6) is -3.14. The molecule has 78 heavy (non-hydrogen) atoms. The van der Waals surface area contributed by atoms with E-state index >= 15 is 0 Å². The quantitative estimate of drug-likeness (QED) is 0.0279. The average Bonchev–Trinajstić information content (AvgIpc) is 3.69. The average molecular weight is 1310 g/mol. The number of nitrogens with zero attached hydrogens (tertiary/aromatic N) is 2. The molecule has 0 aromatic heterocycles. The third-order valence-corrected chi connectivity index (χ3v) is 15.7. The number of Topliss-reactive ketones (excluding diaryl/α,β-unsaturated/α-hetero) is 1. The van der Waals surface area contributed by atoms with E-state index in [0.29, 0.717) is 19.3 Å². The number of hydrogen-bond donors (Lipinski definition) is 3. The van der Waals surface area contributed by atoms with E-state index in [9.17, 15) is 38.4 Å². The number of ketones is 1. The van der Waals surface area contributed by atoms with Crippen molar-refractivity contribution >= 4 is 47.2 Å². The second-order valence-corrected chi connectivity index (χ2v) is 22.6. The number of carbonyl (C=O) groups excluding carboxylic acids is 8. The minimum atomic E-state index is -0.781. The number of unbranched alkanes of at least 4 members (excludes halogenated alkanes) is 1. The number of imide groups is 1. The van der Waals surface area contributed by atoms with Crippen LogP contribution in [-0.4, -0.2) is 115 Å². The first-order valence-electron chi connectivity index (χ1n) is 28.7. The van der Waals surface area contributed by atoms with Crippen LogP contribution in [0.2, 0.25) is 0 Å². The predicted octanol–water partition coefficient (Wildman–Crippen LogP) is 9.55. The molecule has 0 saturated carbocycles. The van der Waals surface area contributed by atoms with Crippen molar-refractivity contribution < 1.29 is 78.9 Å². The van der Waals surface area contributed by atoms with Crippen molar-refractivity contribution in [2.75, 3.05) is 27.2 Å². The molecule has 1 heterocycles. The monoisotopic (exact) mass is 1310 g/mol. The van der Waals surface area contributed by atoms with Crippen LogP contribution in [0.1, 0.15) is 172 Å². The summed E-state index contributed by atoms with van der Waals surface area (Å²) in [6, 6.07) is 9.11. The topological polar surface area (TPSA) is 198 Å². The number of methoxy groups -OCH3 is 1. The zero-order valence-electron chi connectivity index (χ0n) is 49.9. The Balaban J connectivity index is 0.00000189. The molecule has 1 aliphatic carbocycles. The predicted molar refractivity (Wildman–Crippen MR) is 304 cm³/mol. The Morgan fingerprint density at radius 3 is 2.03 bits per heavy atom. The van der Waals surface area contributed by atoms with Crippen LogP contribution >= 0.6 is 0 Å². The molecule has 0 radical (unpaired) electrons. The summed E-state index contributed by atoms with van der Waals surface area (Å²) in [7, 11) is 3.47. The van der Waals surface area contributed by atoms with Gasteiger partial charge in [0.2, 0.25) is 17.7 Å². The number of likely N-dealkylation sites (N-methyl/N-ethyl adjacent to an activating group) is 1. The molecule has 0 bridgehead atoms. The first-order valence-corrected chi connectivity index (χ1v) is 28.7. The van der Waals surface area contributed by atoms with E-state index in [4.69, 9.17) is 9.47 Å². The molecule has 1 aromatic carbocycles. The normalized spacial score (nSPS) is 18.7. The number of allylic oxidation sites excluding steroid dienone is 1. The molecular weight excluding hydrogens is 1210 g/mol. The molecule has 0 spiro atoms. The van der Waals surface area contributed by atoms with Gasteiger partial charge in [-0.05, 0) is 73.4 Å². The van der Waals surface area contributed by atoms with E-state index in [-0.39, 0.29) is 158 Å². The Morgan fingerprint density at radius 2 is 1.46 bits per heavy atom. The van der Waals surface area contributed by atoms with Crippen LogP contribution < -0.4 is 16.0 Å². The van der Waals surface area contributed by atoms with Crippen LogP contribution in [0.5, 0.6) is 0 Å². The van der Waals surface area contributed by atoms with E-state index < -0.39 is 23.8 Å². The molecule has 2 aliphatic rings. The summed E-state index contributed by atoms with van der Waals surface area (Å²) in [6.07, 6.45) is 16.8. The molecule has 2 unspecified atom stereocenters. The standard InChI is InChI=1S/C54H90N3O7.C8H9N2O3.U/c1-15-17-26-44(51(63-14)41(11)52(60)55-42(12)40(10)43-27-22-21-23-28-43)31-32-45(58)33-39(9)50(37(7)16-2)57(13)54(62)49(36(5)6)56-53(61)48(35(3)4)38(8)34-47(59)64-46-29-24-19-18-20-25-30-46;1-6(11)9-4-5-10-7(12)2-3-8(10)13;/h21-24,27-30,35-42,44,46,48-51H,15-20,25-26,31-34H2,1-14H3,(H,55,60)(H,56,61);2-3H,1,4-5H2,(H,9,11);/q2*-1;+2/t37-,38?,39+,40+,41+,42+,44+,46?,48+,49-,50-,51+;;/m0../s1. The van der Waals surface area contributed by atoms with Crippen molar-refractivity contribution in [3.8, 4) is 0 Å². The van der Waals surface area contributed by atoms with Crippen LogP contribution in [0.15, 0.2) is 54.6 Å². The number of esters is 1. The first kappa shape index (κ1) is 71.8. The number of benzene rings is 1. The van der Waals surface area contributed by atoms with E-state index in [1.54, 1.807) is 19.1 Å². The molecule has 0 fully saturated rings. The first-order chi connectivity index (χ1) is 36.4. The Morgan fingerprint density at radius 1 is 0.821 bits per heavy atom. The van der Waals surface area contributed by atoms with Crippen LogP contribution in [-0.2, 0) is 47.8 Å². The number of nitrogens with one attached hydrogen (secondary N) is 3. The molecule has 16 heteroatoms. The van der Waals surface area contributed by atoms with Crippen molar-refractivity contribution in [2.45, 2.75) is 196 Å². The van der Waals surface area contributed by atoms with Crippen molar-refractivity contribution in [3.05, 3.63) is 73.5 Å². The minimum Gasteiger partial charge on any atom is -0.491 e. The fourth-order valence-corrected chi connectivity index (χ4v) is 10.9. The number of carbonyl (C=O) groups is 8. The van der Waals surface area contributed by atoms with Crippen molar-refractivity contribution in [3.63, 3.8) is 0 Å². The van der Waals surface area contributed by atoms with Crippen LogP contribution in [0.3, 0.4) is 0 Å². The van der Waals surface area contributed by atoms with Gasteiger partial charge < -0.3 is 42.0 Å². The van der Waals surface area contributed by atoms with Crippen LogP contribution in [0.4, 0.5) is 0 Å². The van der Waals surface area contributed by atoms with Crippen molar-refractivity contribution in [1.29, 1.82) is 0 Å². The molecule has 15 nitrogen and oxygen atoms in total. The molecule has 436 valence electrons. The number of amides is 6. The number of hydrogen-bond acceptors (Lipinski definition) is 10. The van der Waals surface area contributed by atoms with E-state index in [2.05, 4.69) is 75.7 Å². The third kappa shape index (κ3) is 24.2. The van der Waals surface area contributed by atoms with Gasteiger partial charge in [-0.2, -0.15) is 6.42 Å². The van der Waals surface area contributed by atoms with Gasteiger partial charge in [0.15, 0.2) is 0 Å². The fourth-order valence-electron chi connectivity index (χ4n) is 10.9. The van der Waals surface area contributed by atoms with Gasteiger partial charge in [0.25, 0.3) is 11.8 Å². The van der Waals surface area contributed by atoms with Crippen molar-refractivity contribution in [2.24, 2.45) is 47.3 Å². The molecule has 1 aliphatic heterocycles. The fraction of sp³-hybridized carbons (Fsp3) is 0.677. The summed E-state index contributed by atoms with van der Waals surface area (Å²) in [6.45, 7) is 27.8. The number of rotatable bonds is 31. The van der Waals surface area contributed by atoms with E-state index in [1.807, 2.05) is 79.2 Å². The largest absolute Gasteiger partial charge is 2.00 e. The van der Waals surface area contributed by atoms with Crippen molar-refractivity contribution in [1.82, 2.24) is 25.8 Å². The zero-order chi connectivity index (χ0) is 57.9. The van der Waals surface area contributed by atoms with Gasteiger partial charge >= 0.3 is 37.1 Å².